The molecule has 0 aliphatic carbocycles. The summed E-state index contributed by atoms with van der Waals surface area (Å²) < 4.78 is 29.9. The summed E-state index contributed by atoms with van der Waals surface area (Å²) in [4.78, 5) is 16.3. The maximum absolute atomic E-state index is 12.8. The number of aryl methyl sites for hydroxylation is 1. The Morgan fingerprint density at radius 1 is 1.07 bits per heavy atom. The van der Waals surface area contributed by atoms with Crippen LogP contribution in [0.5, 0.6) is 0 Å². The van der Waals surface area contributed by atoms with Gasteiger partial charge in [-0.25, -0.2) is 13.4 Å². The Morgan fingerprint density at radius 2 is 1.80 bits per heavy atom. The number of sulfonamides is 1. The van der Waals surface area contributed by atoms with Gasteiger partial charge in [-0.1, -0.05) is 46.9 Å². The molecule has 0 unspecified atom stereocenters. The van der Waals surface area contributed by atoms with Crippen LogP contribution in [0.25, 0.3) is 0 Å². The molecule has 11 heteroatoms. The van der Waals surface area contributed by atoms with Gasteiger partial charge in [0.2, 0.25) is 0 Å². The zero-order valence-electron chi connectivity index (χ0n) is 15.5. The lowest BCUT2D eigenvalue weighted by molar-refractivity contribution is 0.0953. The zero-order chi connectivity index (χ0) is 21.7. The van der Waals surface area contributed by atoms with Crippen molar-refractivity contribution in [3.8, 4) is 0 Å². The molecule has 1 aromatic heterocycles. The number of carbonyl (C=O) groups excluding carboxylic acids is 1. The van der Waals surface area contributed by atoms with E-state index in [9.17, 15) is 13.2 Å². The smallest absolute Gasteiger partial charge is 0.263 e. The molecule has 0 bridgehead atoms. The van der Waals surface area contributed by atoms with Crippen LogP contribution in [0.1, 0.15) is 16.8 Å². The van der Waals surface area contributed by atoms with Gasteiger partial charge < -0.3 is 9.88 Å². The number of para-hydroxylation sites is 1. The molecule has 3 rings (SSSR count). The topological polar surface area (TPSA) is 93.1 Å². The number of aromatic nitrogens is 2. The number of carbonyl (C=O) groups is 1. The first-order valence-corrected chi connectivity index (χ1v) is 11.4. The SMILES string of the molecule is O=C(NCCCn1ccnc1)c1ccccc1NS(=O)(=O)c1cc(Cl)c(Cl)cc1Cl. The summed E-state index contributed by atoms with van der Waals surface area (Å²) in [6.45, 7) is 1.11. The molecule has 0 aliphatic heterocycles. The molecule has 0 radical (unpaired) electrons. The van der Waals surface area contributed by atoms with Gasteiger partial charge in [-0.2, -0.15) is 0 Å². The Balaban J connectivity index is 1.73. The normalized spacial score (nSPS) is 11.3. The van der Waals surface area contributed by atoms with Crippen LogP contribution in [0, 0.1) is 0 Å². The lowest BCUT2D eigenvalue weighted by Gasteiger charge is -2.14. The molecule has 30 heavy (non-hydrogen) atoms. The molecular weight excluding hydrogens is 471 g/mol. The lowest BCUT2D eigenvalue weighted by Crippen LogP contribution is -2.26. The first-order chi connectivity index (χ1) is 14.3. The average molecular weight is 488 g/mol. The van der Waals surface area contributed by atoms with Gasteiger partial charge in [0.1, 0.15) is 4.90 Å². The molecule has 2 N–H and O–H groups in total. The van der Waals surface area contributed by atoms with Gasteiger partial charge in [0.15, 0.2) is 0 Å². The van der Waals surface area contributed by atoms with Crippen LogP contribution in [0.2, 0.25) is 15.1 Å². The van der Waals surface area contributed by atoms with Gasteiger partial charge in [-0.05, 0) is 30.7 Å². The summed E-state index contributed by atoms with van der Waals surface area (Å²) in [6, 6.07) is 8.68. The second kappa shape index (κ2) is 9.70. The molecule has 0 saturated carbocycles. The van der Waals surface area contributed by atoms with E-state index >= 15 is 0 Å². The number of benzene rings is 2. The first kappa shape index (κ1) is 22.4. The average Bonchev–Trinajstić information content (AvgIpc) is 3.21. The van der Waals surface area contributed by atoms with Gasteiger partial charge in [0.25, 0.3) is 15.9 Å². The summed E-state index contributed by atoms with van der Waals surface area (Å²) in [5.41, 5.74) is 0.298. The van der Waals surface area contributed by atoms with Gasteiger partial charge >= 0.3 is 0 Å². The van der Waals surface area contributed by atoms with E-state index < -0.39 is 15.9 Å². The largest absolute Gasteiger partial charge is 0.352 e. The van der Waals surface area contributed by atoms with E-state index in [-0.39, 0.29) is 31.2 Å². The second-order valence-electron chi connectivity index (χ2n) is 6.26. The molecule has 0 spiro atoms. The maximum atomic E-state index is 12.8. The molecule has 0 saturated heterocycles. The van der Waals surface area contributed by atoms with Crippen molar-refractivity contribution in [2.24, 2.45) is 0 Å². The summed E-state index contributed by atoms with van der Waals surface area (Å²) >= 11 is 17.8. The minimum atomic E-state index is -4.11. The van der Waals surface area contributed by atoms with E-state index in [1.54, 1.807) is 24.7 Å². The molecule has 7 nitrogen and oxygen atoms in total. The van der Waals surface area contributed by atoms with Crippen LogP contribution in [0.15, 0.2) is 60.0 Å². The monoisotopic (exact) mass is 486 g/mol. The third-order valence-corrected chi connectivity index (χ3v) is 6.67. The standard InChI is InChI=1S/C19H17Cl3N4O3S/c20-14-10-16(22)18(11-15(14)21)30(28,29)25-17-5-2-1-4-13(17)19(27)24-6-3-8-26-9-7-23-12-26/h1-2,4-5,7,9-12,25H,3,6,8H2,(H,24,27). The predicted octanol–water partition coefficient (Wildman–Crippen LogP) is 4.46. The van der Waals surface area contributed by atoms with Gasteiger partial charge in [0.05, 0.1) is 32.6 Å². The fraction of sp³-hybridized carbons (Fsp3) is 0.158. The minimum Gasteiger partial charge on any atom is -0.352 e. The molecular formula is C19H17Cl3N4O3S. The van der Waals surface area contributed by atoms with Gasteiger partial charge in [-0.15, -0.1) is 0 Å². The fourth-order valence-corrected chi connectivity index (χ4v) is 4.74. The van der Waals surface area contributed by atoms with Crippen molar-refractivity contribution in [3.05, 3.63) is 75.8 Å². The van der Waals surface area contributed by atoms with E-state index in [1.807, 2.05) is 10.8 Å². The highest BCUT2D eigenvalue weighted by Crippen LogP contribution is 2.32. The summed E-state index contributed by atoms with van der Waals surface area (Å²) in [5, 5.41) is 2.88. The molecule has 3 aromatic rings. The highest BCUT2D eigenvalue weighted by Gasteiger charge is 2.22. The van der Waals surface area contributed by atoms with Crippen LogP contribution >= 0.6 is 34.8 Å². The third-order valence-electron chi connectivity index (χ3n) is 4.12. The summed E-state index contributed by atoms with van der Waals surface area (Å²) in [6.07, 6.45) is 5.90. The van der Waals surface area contributed by atoms with Crippen LogP contribution < -0.4 is 10.0 Å². The molecule has 158 valence electrons. The van der Waals surface area contributed by atoms with Crippen molar-refractivity contribution in [1.29, 1.82) is 0 Å². The van der Waals surface area contributed by atoms with E-state index in [2.05, 4.69) is 15.0 Å². The molecule has 0 atom stereocenters. The third kappa shape index (κ3) is 5.46. The van der Waals surface area contributed by atoms with Gasteiger partial charge in [0, 0.05) is 25.5 Å². The number of hydrogen-bond acceptors (Lipinski definition) is 4. The number of nitrogens with zero attached hydrogens (tertiary/aromatic N) is 2. The zero-order valence-corrected chi connectivity index (χ0v) is 18.6. The van der Waals surface area contributed by atoms with Crippen molar-refractivity contribution in [1.82, 2.24) is 14.9 Å². The van der Waals surface area contributed by atoms with Crippen molar-refractivity contribution >= 4 is 56.4 Å². The summed E-state index contributed by atoms with van der Waals surface area (Å²) in [7, 11) is -4.11. The molecule has 0 aliphatic rings. The van der Waals surface area contributed by atoms with Crippen LogP contribution in [0.3, 0.4) is 0 Å². The highest BCUT2D eigenvalue weighted by atomic mass is 35.5. The number of imidazole rings is 1. The number of halogens is 3. The molecule has 0 fully saturated rings. The highest BCUT2D eigenvalue weighted by molar-refractivity contribution is 7.92. The van der Waals surface area contributed by atoms with Crippen LogP contribution in [0.4, 0.5) is 5.69 Å². The number of anilines is 1. The van der Waals surface area contributed by atoms with Crippen molar-refractivity contribution in [2.75, 3.05) is 11.3 Å². The predicted molar refractivity (Wildman–Crippen MR) is 118 cm³/mol. The fourth-order valence-electron chi connectivity index (χ4n) is 2.66. The quantitative estimate of drug-likeness (QED) is 0.362. The first-order valence-electron chi connectivity index (χ1n) is 8.78. The number of amides is 1. The lowest BCUT2D eigenvalue weighted by atomic mass is 10.1. The Labute approximate surface area is 189 Å². The second-order valence-corrected chi connectivity index (χ2v) is 9.13. The number of rotatable bonds is 8. The van der Waals surface area contributed by atoms with Crippen LogP contribution in [-0.4, -0.2) is 30.4 Å². The Hall–Kier alpha value is -2.26. The van der Waals surface area contributed by atoms with Crippen molar-refractivity contribution in [3.63, 3.8) is 0 Å². The van der Waals surface area contributed by atoms with E-state index in [0.717, 1.165) is 6.07 Å². The molecule has 1 amide bonds. The molecule has 2 aromatic carbocycles. The van der Waals surface area contributed by atoms with E-state index in [4.69, 9.17) is 34.8 Å². The number of nitrogens with one attached hydrogen (secondary N) is 2. The van der Waals surface area contributed by atoms with E-state index in [1.165, 1.54) is 18.2 Å². The summed E-state index contributed by atoms with van der Waals surface area (Å²) in [5.74, 6) is -0.404. The molecule has 1 heterocycles. The van der Waals surface area contributed by atoms with Crippen molar-refractivity contribution in [2.45, 2.75) is 17.9 Å². The Morgan fingerprint density at radius 3 is 2.53 bits per heavy atom. The Bertz CT molecular complexity index is 1150. The minimum absolute atomic E-state index is 0.0466. The van der Waals surface area contributed by atoms with Crippen LogP contribution in [-0.2, 0) is 16.6 Å². The van der Waals surface area contributed by atoms with E-state index in [0.29, 0.717) is 19.5 Å². The number of hydrogen-bond donors (Lipinski definition) is 2. The maximum Gasteiger partial charge on any atom is 0.263 e. The van der Waals surface area contributed by atoms with Gasteiger partial charge in [-0.3, -0.25) is 9.52 Å². The Kier molecular flexibility index (Phi) is 7.25. The van der Waals surface area contributed by atoms with Crippen molar-refractivity contribution < 1.29 is 13.2 Å².